The molecule has 0 aliphatic heterocycles. The lowest BCUT2D eigenvalue weighted by molar-refractivity contribution is -0.118. The Bertz CT molecular complexity index is 686. The highest BCUT2D eigenvalue weighted by Gasteiger charge is 2.12. The Balaban J connectivity index is 2.30. The van der Waals surface area contributed by atoms with E-state index in [0.717, 1.165) is 16.9 Å². The number of aliphatic hydroxyl groups excluding tert-OH is 2. The third-order valence-corrected chi connectivity index (χ3v) is 3.71. The van der Waals surface area contributed by atoms with Crippen LogP contribution in [0.1, 0.15) is 22.8 Å². The number of aliphatic hydroxyl groups is 2. The van der Waals surface area contributed by atoms with Crippen LogP contribution in [0.2, 0.25) is 0 Å². The van der Waals surface area contributed by atoms with Gasteiger partial charge in [0.05, 0.1) is 13.2 Å². The van der Waals surface area contributed by atoms with Gasteiger partial charge in [-0.3, -0.25) is 4.79 Å². The van der Waals surface area contributed by atoms with Crippen LogP contribution in [0.4, 0.5) is 5.69 Å². The van der Waals surface area contributed by atoms with E-state index in [2.05, 4.69) is 5.32 Å². The highest BCUT2D eigenvalue weighted by Crippen LogP contribution is 2.25. The SMILES string of the molecule is COc1ccc(Cc2ccc([C@@H](O)CN)cc2NC(=O)CO)cc1. The highest BCUT2D eigenvalue weighted by atomic mass is 16.5. The summed E-state index contributed by atoms with van der Waals surface area (Å²) >= 11 is 0. The molecule has 0 aromatic heterocycles. The van der Waals surface area contributed by atoms with E-state index >= 15 is 0 Å². The number of benzene rings is 2. The standard InChI is InChI=1S/C18H22N2O4/c1-24-15-6-2-12(3-7-15)8-13-4-5-14(17(22)10-19)9-16(13)20-18(23)11-21/h2-7,9,17,21-22H,8,10-11,19H2,1H3,(H,20,23)/t17-/m0/s1. The summed E-state index contributed by atoms with van der Waals surface area (Å²) in [5.74, 6) is 0.263. The van der Waals surface area contributed by atoms with Crippen molar-refractivity contribution >= 4 is 11.6 Å². The van der Waals surface area contributed by atoms with Crippen LogP contribution in [0.3, 0.4) is 0 Å². The molecule has 0 bridgehead atoms. The first-order valence-corrected chi connectivity index (χ1v) is 7.62. The second kappa shape index (κ2) is 8.44. The normalized spacial score (nSPS) is 11.8. The maximum absolute atomic E-state index is 11.6. The molecule has 1 amide bonds. The molecule has 5 N–H and O–H groups in total. The Morgan fingerprint density at radius 1 is 1.25 bits per heavy atom. The number of nitrogens with two attached hydrogens (primary N) is 1. The van der Waals surface area contributed by atoms with Crippen LogP contribution in [0.15, 0.2) is 42.5 Å². The average Bonchev–Trinajstić information content (AvgIpc) is 2.62. The van der Waals surface area contributed by atoms with Gasteiger partial charge >= 0.3 is 0 Å². The third-order valence-electron chi connectivity index (χ3n) is 3.71. The molecule has 0 unspecified atom stereocenters. The smallest absolute Gasteiger partial charge is 0.250 e. The van der Waals surface area contributed by atoms with Crippen LogP contribution in [0, 0.1) is 0 Å². The molecular formula is C18H22N2O4. The third kappa shape index (κ3) is 4.55. The molecule has 0 saturated heterocycles. The Morgan fingerprint density at radius 2 is 1.96 bits per heavy atom. The number of carbonyl (C=O) groups is 1. The van der Waals surface area contributed by atoms with Crippen LogP contribution >= 0.6 is 0 Å². The van der Waals surface area contributed by atoms with Crippen molar-refractivity contribution in [3.8, 4) is 5.75 Å². The van der Waals surface area contributed by atoms with Gasteiger partial charge in [0.25, 0.3) is 0 Å². The molecule has 0 aliphatic carbocycles. The number of ether oxygens (including phenoxy) is 1. The summed E-state index contributed by atoms with van der Waals surface area (Å²) in [6, 6.07) is 12.9. The Kier molecular flexibility index (Phi) is 6.31. The minimum absolute atomic E-state index is 0.0885. The Morgan fingerprint density at radius 3 is 2.54 bits per heavy atom. The van der Waals surface area contributed by atoms with Gasteiger partial charge in [-0.25, -0.2) is 0 Å². The first kappa shape index (κ1) is 17.9. The summed E-state index contributed by atoms with van der Waals surface area (Å²) in [6.45, 7) is -0.517. The van der Waals surface area contributed by atoms with Gasteiger partial charge in [0.15, 0.2) is 0 Å². The van der Waals surface area contributed by atoms with Gasteiger partial charge in [-0.1, -0.05) is 24.3 Å². The van der Waals surface area contributed by atoms with Gasteiger partial charge in [-0.2, -0.15) is 0 Å². The lowest BCUT2D eigenvalue weighted by Crippen LogP contribution is -2.18. The highest BCUT2D eigenvalue weighted by molar-refractivity contribution is 5.92. The molecule has 0 fully saturated rings. The number of hydrogen-bond acceptors (Lipinski definition) is 5. The van der Waals surface area contributed by atoms with Crippen molar-refractivity contribution in [3.05, 3.63) is 59.2 Å². The first-order chi connectivity index (χ1) is 11.6. The van der Waals surface area contributed by atoms with E-state index in [1.807, 2.05) is 30.3 Å². The number of anilines is 1. The second-order valence-corrected chi connectivity index (χ2v) is 5.40. The van der Waals surface area contributed by atoms with Crippen LogP contribution in [0.25, 0.3) is 0 Å². The van der Waals surface area contributed by atoms with Crippen LogP contribution in [-0.2, 0) is 11.2 Å². The van der Waals surface area contributed by atoms with E-state index in [1.54, 1.807) is 19.2 Å². The lowest BCUT2D eigenvalue weighted by Gasteiger charge is -2.15. The van der Waals surface area contributed by atoms with Crippen LogP contribution in [-0.4, -0.2) is 36.4 Å². The number of methoxy groups -OCH3 is 1. The predicted octanol–water partition coefficient (Wildman–Crippen LogP) is 1.21. The number of nitrogens with one attached hydrogen (secondary N) is 1. The summed E-state index contributed by atoms with van der Waals surface area (Å²) in [5.41, 5.74) is 8.56. The molecule has 0 radical (unpaired) electrons. The van der Waals surface area contributed by atoms with Crippen molar-refractivity contribution in [1.82, 2.24) is 0 Å². The van der Waals surface area contributed by atoms with Crippen molar-refractivity contribution in [2.45, 2.75) is 12.5 Å². The molecule has 0 spiro atoms. The van der Waals surface area contributed by atoms with Crippen molar-refractivity contribution in [2.75, 3.05) is 25.6 Å². The fraction of sp³-hybridized carbons (Fsp3) is 0.278. The molecule has 6 nitrogen and oxygen atoms in total. The van der Waals surface area contributed by atoms with E-state index in [9.17, 15) is 9.90 Å². The quantitative estimate of drug-likeness (QED) is 0.611. The monoisotopic (exact) mass is 330 g/mol. The number of carbonyl (C=O) groups excluding carboxylic acids is 1. The van der Waals surface area contributed by atoms with Crippen molar-refractivity contribution in [1.29, 1.82) is 0 Å². The topological polar surface area (TPSA) is 105 Å². The zero-order chi connectivity index (χ0) is 17.5. The molecule has 0 aliphatic rings. The molecule has 1 atom stereocenters. The fourth-order valence-corrected chi connectivity index (χ4v) is 2.36. The molecule has 2 aromatic carbocycles. The maximum atomic E-state index is 11.6. The molecule has 2 aromatic rings. The number of amides is 1. The summed E-state index contributed by atoms with van der Waals surface area (Å²) in [5, 5.41) is 21.5. The van der Waals surface area contributed by atoms with E-state index in [-0.39, 0.29) is 6.54 Å². The Hall–Kier alpha value is -2.41. The number of rotatable bonds is 7. The minimum atomic E-state index is -0.801. The van der Waals surface area contributed by atoms with Gasteiger partial charge in [0.2, 0.25) is 5.91 Å². The minimum Gasteiger partial charge on any atom is -0.497 e. The van der Waals surface area contributed by atoms with E-state index < -0.39 is 18.6 Å². The summed E-state index contributed by atoms with van der Waals surface area (Å²) in [7, 11) is 1.61. The van der Waals surface area contributed by atoms with Gasteiger partial charge in [0, 0.05) is 12.2 Å². The largest absolute Gasteiger partial charge is 0.497 e. The summed E-state index contributed by atoms with van der Waals surface area (Å²) in [4.78, 5) is 11.6. The first-order valence-electron chi connectivity index (χ1n) is 7.62. The molecule has 6 heteroatoms. The van der Waals surface area contributed by atoms with Gasteiger partial charge in [-0.05, 0) is 41.3 Å². The van der Waals surface area contributed by atoms with E-state index in [0.29, 0.717) is 17.7 Å². The van der Waals surface area contributed by atoms with Gasteiger partial charge < -0.3 is 26.0 Å². The summed E-state index contributed by atoms with van der Waals surface area (Å²) < 4.78 is 5.14. The average molecular weight is 330 g/mol. The molecule has 128 valence electrons. The van der Waals surface area contributed by atoms with E-state index in [4.69, 9.17) is 15.6 Å². The van der Waals surface area contributed by atoms with E-state index in [1.165, 1.54) is 0 Å². The number of hydrogen-bond donors (Lipinski definition) is 4. The molecule has 0 saturated carbocycles. The van der Waals surface area contributed by atoms with Crippen LogP contribution in [0.5, 0.6) is 5.75 Å². The molecule has 2 rings (SSSR count). The van der Waals surface area contributed by atoms with Crippen molar-refractivity contribution < 1.29 is 19.7 Å². The zero-order valence-electron chi connectivity index (χ0n) is 13.5. The maximum Gasteiger partial charge on any atom is 0.250 e. The fourth-order valence-electron chi connectivity index (χ4n) is 2.36. The molecule has 0 heterocycles. The lowest BCUT2D eigenvalue weighted by atomic mass is 9.99. The zero-order valence-corrected chi connectivity index (χ0v) is 13.5. The van der Waals surface area contributed by atoms with Crippen LogP contribution < -0.4 is 15.8 Å². The Labute approximate surface area is 140 Å². The van der Waals surface area contributed by atoms with Crippen molar-refractivity contribution in [3.63, 3.8) is 0 Å². The van der Waals surface area contributed by atoms with Gasteiger partial charge in [-0.15, -0.1) is 0 Å². The molecule has 24 heavy (non-hydrogen) atoms. The van der Waals surface area contributed by atoms with Gasteiger partial charge in [0.1, 0.15) is 12.4 Å². The second-order valence-electron chi connectivity index (χ2n) is 5.40. The molecular weight excluding hydrogens is 308 g/mol. The summed E-state index contributed by atoms with van der Waals surface area (Å²) in [6.07, 6.45) is -0.214. The predicted molar refractivity (Wildman–Crippen MR) is 92.0 cm³/mol. The van der Waals surface area contributed by atoms with Crippen molar-refractivity contribution in [2.24, 2.45) is 5.73 Å².